The molecule has 1 N–H and O–H groups in total. The van der Waals surface area contributed by atoms with Crippen molar-refractivity contribution in [1.29, 1.82) is 0 Å². The van der Waals surface area contributed by atoms with Gasteiger partial charge < -0.3 is 10.0 Å². The van der Waals surface area contributed by atoms with Crippen LogP contribution in [0.15, 0.2) is 0 Å². The van der Waals surface area contributed by atoms with Crippen LogP contribution in [0.25, 0.3) is 0 Å². The fourth-order valence-corrected chi connectivity index (χ4v) is 5.25. The molecule has 0 saturated carbocycles. The van der Waals surface area contributed by atoms with Crippen molar-refractivity contribution in [1.82, 2.24) is 4.90 Å². The monoisotopic (exact) mass is 333 g/mol. The summed E-state index contributed by atoms with van der Waals surface area (Å²) in [7, 11) is 0. The van der Waals surface area contributed by atoms with Crippen LogP contribution >= 0.6 is 23.5 Å². The van der Waals surface area contributed by atoms with Gasteiger partial charge in [-0.3, -0.25) is 9.59 Å². The van der Waals surface area contributed by atoms with E-state index in [4.69, 9.17) is 0 Å². The smallest absolute Gasteiger partial charge is 0.327 e. The summed E-state index contributed by atoms with van der Waals surface area (Å²) < 4.78 is -0.557. The van der Waals surface area contributed by atoms with Crippen molar-refractivity contribution in [3.05, 3.63) is 0 Å². The molecule has 0 bridgehead atoms. The van der Waals surface area contributed by atoms with E-state index in [1.807, 2.05) is 27.7 Å². The van der Waals surface area contributed by atoms with E-state index >= 15 is 0 Å². The highest BCUT2D eigenvalue weighted by Crippen LogP contribution is 2.51. The number of carbonyl (C=O) groups excluding carboxylic acids is 2. The van der Waals surface area contributed by atoms with Crippen LogP contribution in [0, 0.1) is 5.92 Å². The van der Waals surface area contributed by atoms with Gasteiger partial charge in [0.15, 0.2) is 5.12 Å². The van der Waals surface area contributed by atoms with Crippen molar-refractivity contribution in [2.75, 3.05) is 5.75 Å². The fraction of sp³-hybridized carbons (Fsp3) is 0.786. The van der Waals surface area contributed by atoms with Gasteiger partial charge in [-0.15, -0.1) is 11.8 Å². The Morgan fingerprint density at radius 2 is 1.81 bits per heavy atom. The lowest BCUT2D eigenvalue weighted by Gasteiger charge is -2.35. The number of amides is 1. The first-order valence-electron chi connectivity index (χ1n) is 6.79. The topological polar surface area (TPSA) is 74.7 Å². The molecule has 5 nitrogen and oxygen atoms in total. The van der Waals surface area contributed by atoms with E-state index in [1.165, 1.54) is 23.6 Å². The lowest BCUT2D eigenvalue weighted by Crippen LogP contribution is -2.54. The van der Waals surface area contributed by atoms with Gasteiger partial charge in [0.25, 0.3) is 0 Å². The number of hydrogen-bond donors (Lipinski definition) is 1. The lowest BCUT2D eigenvalue weighted by atomic mass is 9.99. The highest BCUT2D eigenvalue weighted by molar-refractivity contribution is 8.13. The molecule has 1 fully saturated rings. The van der Waals surface area contributed by atoms with Crippen molar-refractivity contribution < 1.29 is 19.5 Å². The van der Waals surface area contributed by atoms with Crippen LogP contribution in [-0.4, -0.2) is 48.4 Å². The Labute approximate surface area is 134 Å². The first kappa shape index (κ1) is 18.4. The number of carboxylic acid groups (broad SMARTS) is 1. The predicted octanol–water partition coefficient (Wildman–Crippen LogP) is 2.45. The molecule has 21 heavy (non-hydrogen) atoms. The van der Waals surface area contributed by atoms with Gasteiger partial charge in [-0.25, -0.2) is 4.79 Å². The van der Waals surface area contributed by atoms with Crippen LogP contribution in [0.5, 0.6) is 0 Å². The third-order valence-corrected chi connectivity index (χ3v) is 5.96. The minimum absolute atomic E-state index is 0.0418. The first-order chi connectivity index (χ1) is 9.40. The SMILES string of the molecule is CC(=O)SCC(C)C(=O)N1C(C(=O)O)C(C)(C)SC1(C)C. The Balaban J connectivity index is 3.03. The van der Waals surface area contributed by atoms with Crippen molar-refractivity contribution in [3.63, 3.8) is 0 Å². The Hall–Kier alpha value is -0.690. The van der Waals surface area contributed by atoms with Gasteiger partial charge in [-0.05, 0) is 27.7 Å². The van der Waals surface area contributed by atoms with Crippen LogP contribution in [0.3, 0.4) is 0 Å². The van der Waals surface area contributed by atoms with E-state index in [0.29, 0.717) is 5.75 Å². The Kier molecular flexibility index (Phi) is 5.42. The Bertz CT molecular complexity index is 462. The maximum Gasteiger partial charge on any atom is 0.327 e. The van der Waals surface area contributed by atoms with Crippen molar-refractivity contribution in [2.24, 2.45) is 5.92 Å². The summed E-state index contributed by atoms with van der Waals surface area (Å²) >= 11 is 2.59. The maximum absolute atomic E-state index is 12.7. The average molecular weight is 333 g/mol. The molecule has 0 radical (unpaired) electrons. The highest BCUT2D eigenvalue weighted by Gasteiger charge is 2.57. The second-order valence-corrected chi connectivity index (χ2v) is 9.76. The van der Waals surface area contributed by atoms with E-state index in [1.54, 1.807) is 6.92 Å². The molecule has 0 aliphatic carbocycles. The van der Waals surface area contributed by atoms with Crippen LogP contribution in [-0.2, 0) is 14.4 Å². The first-order valence-corrected chi connectivity index (χ1v) is 8.60. The standard InChI is InChI=1S/C14H23NO4S2/c1-8(7-20-9(2)16)11(17)15-10(12(18)19)13(3,4)21-14(15,5)6/h8,10H,7H2,1-6H3,(H,18,19). The molecule has 1 aliphatic heterocycles. The zero-order chi connectivity index (χ0) is 16.6. The molecule has 0 aromatic heterocycles. The summed E-state index contributed by atoms with van der Waals surface area (Å²) in [5.74, 6) is -1.22. The molecule has 1 aliphatic rings. The molecule has 120 valence electrons. The Morgan fingerprint density at radius 1 is 1.29 bits per heavy atom. The van der Waals surface area contributed by atoms with Crippen LogP contribution in [0.2, 0.25) is 0 Å². The zero-order valence-corrected chi connectivity index (χ0v) is 14.9. The van der Waals surface area contributed by atoms with Gasteiger partial charge in [0.05, 0.1) is 4.87 Å². The second kappa shape index (κ2) is 6.20. The van der Waals surface area contributed by atoms with Crippen LogP contribution in [0.1, 0.15) is 41.5 Å². The Morgan fingerprint density at radius 3 is 2.24 bits per heavy atom. The van der Waals surface area contributed by atoms with Crippen LogP contribution < -0.4 is 0 Å². The fourth-order valence-electron chi connectivity index (χ4n) is 2.72. The van der Waals surface area contributed by atoms with Crippen LogP contribution in [0.4, 0.5) is 0 Å². The summed E-state index contributed by atoms with van der Waals surface area (Å²) in [4.78, 5) is 36.3. The quantitative estimate of drug-likeness (QED) is 0.852. The second-order valence-electron chi connectivity index (χ2n) is 6.30. The van der Waals surface area contributed by atoms with E-state index in [2.05, 4.69) is 0 Å². The van der Waals surface area contributed by atoms with Gasteiger partial charge in [0, 0.05) is 23.3 Å². The summed E-state index contributed by atoms with van der Waals surface area (Å²) in [5.41, 5.74) is 0. The molecule has 1 rings (SSSR count). The molecule has 0 aromatic rings. The van der Waals surface area contributed by atoms with Gasteiger partial charge in [-0.2, -0.15) is 0 Å². The van der Waals surface area contributed by atoms with E-state index in [0.717, 1.165) is 11.8 Å². The van der Waals surface area contributed by atoms with Crippen molar-refractivity contribution in [3.8, 4) is 0 Å². The van der Waals surface area contributed by atoms with Crippen molar-refractivity contribution in [2.45, 2.75) is 57.2 Å². The number of carboxylic acids is 1. The molecular formula is C14H23NO4S2. The normalized spacial score (nSPS) is 24.7. The lowest BCUT2D eigenvalue weighted by molar-refractivity contribution is -0.154. The molecular weight excluding hydrogens is 310 g/mol. The molecule has 7 heteroatoms. The van der Waals surface area contributed by atoms with Gasteiger partial charge in [0.1, 0.15) is 6.04 Å². The molecule has 0 aromatic carbocycles. The average Bonchev–Trinajstić information content (AvgIpc) is 2.49. The minimum Gasteiger partial charge on any atom is -0.480 e. The third kappa shape index (κ3) is 3.94. The molecule has 1 amide bonds. The molecule has 0 spiro atoms. The van der Waals surface area contributed by atoms with E-state index < -0.39 is 27.5 Å². The number of carbonyl (C=O) groups is 3. The highest BCUT2D eigenvalue weighted by atomic mass is 32.2. The zero-order valence-electron chi connectivity index (χ0n) is 13.3. The largest absolute Gasteiger partial charge is 0.480 e. The summed E-state index contributed by atoms with van der Waals surface area (Å²) in [5, 5.41) is 9.49. The van der Waals surface area contributed by atoms with E-state index in [9.17, 15) is 19.5 Å². The van der Waals surface area contributed by atoms with Gasteiger partial charge >= 0.3 is 5.97 Å². The summed E-state index contributed by atoms with van der Waals surface area (Å²) in [6, 6.07) is -0.866. The molecule has 1 saturated heterocycles. The van der Waals surface area contributed by atoms with Crippen molar-refractivity contribution >= 4 is 40.5 Å². The number of thioether (sulfide) groups is 2. The number of nitrogens with zero attached hydrogens (tertiary/aromatic N) is 1. The third-order valence-electron chi connectivity index (χ3n) is 3.44. The van der Waals surface area contributed by atoms with Gasteiger partial charge in [-0.1, -0.05) is 18.7 Å². The molecule has 1 heterocycles. The molecule has 2 unspecified atom stereocenters. The summed E-state index contributed by atoms with van der Waals surface area (Å²) in [6.45, 7) is 10.6. The number of aliphatic carboxylic acids is 1. The predicted molar refractivity (Wildman–Crippen MR) is 86.3 cm³/mol. The number of rotatable bonds is 4. The number of hydrogen-bond acceptors (Lipinski definition) is 5. The summed E-state index contributed by atoms with van der Waals surface area (Å²) in [6.07, 6.45) is 0. The van der Waals surface area contributed by atoms with E-state index in [-0.39, 0.29) is 11.0 Å². The van der Waals surface area contributed by atoms with Gasteiger partial charge in [0.2, 0.25) is 5.91 Å². The molecule has 2 atom stereocenters. The minimum atomic E-state index is -0.988. The maximum atomic E-state index is 12.7.